The number of hydrogen-bond donors (Lipinski definition) is 1. The molecule has 3 heterocycles. The molecule has 2 aromatic heterocycles. The second-order valence-electron chi connectivity index (χ2n) is 8.00. The van der Waals surface area contributed by atoms with E-state index in [1.807, 2.05) is 30.5 Å². The number of fused-ring (bicyclic) bond motifs is 2. The molecule has 5 rings (SSSR count). The number of hydrogen-bond acceptors (Lipinski definition) is 8. The Morgan fingerprint density at radius 3 is 2.82 bits per heavy atom. The summed E-state index contributed by atoms with van der Waals surface area (Å²) >= 11 is 0. The third-order valence-corrected chi connectivity index (χ3v) is 5.97. The largest absolute Gasteiger partial charge is 0.493 e. The zero-order valence-corrected chi connectivity index (χ0v) is 18.9. The highest BCUT2D eigenvalue weighted by molar-refractivity contribution is 6.03. The zero-order valence-electron chi connectivity index (χ0n) is 18.9. The quantitative estimate of drug-likeness (QED) is 0.314. The molecule has 0 bridgehead atoms. The average molecular weight is 460 g/mol. The van der Waals surface area contributed by atoms with Gasteiger partial charge in [0, 0.05) is 53.8 Å². The lowest BCUT2D eigenvalue weighted by atomic mass is 10.0. The highest BCUT2D eigenvalue weighted by atomic mass is 16.5. The van der Waals surface area contributed by atoms with Gasteiger partial charge in [0.1, 0.15) is 12.1 Å². The molecule has 0 atom stereocenters. The molecule has 1 fully saturated rings. The molecule has 34 heavy (non-hydrogen) atoms. The van der Waals surface area contributed by atoms with Gasteiger partial charge in [0.25, 0.3) is 6.26 Å². The van der Waals surface area contributed by atoms with Crippen molar-refractivity contribution >= 4 is 21.8 Å². The van der Waals surface area contributed by atoms with Crippen LogP contribution in [0.25, 0.3) is 33.1 Å². The Balaban J connectivity index is 1.42. The number of methoxy groups -OCH3 is 1. The zero-order chi connectivity index (χ0) is 23.3. The lowest BCUT2D eigenvalue weighted by molar-refractivity contribution is 0.0357. The molecule has 9 nitrogen and oxygen atoms in total. The fraction of sp³-hybridized carbons (Fsp3) is 0.320. The second-order valence-corrected chi connectivity index (χ2v) is 8.00. The van der Waals surface area contributed by atoms with Gasteiger partial charge < -0.3 is 23.9 Å². The summed E-state index contributed by atoms with van der Waals surface area (Å²) in [7, 11) is 1.63. The van der Waals surface area contributed by atoms with Gasteiger partial charge in [0.15, 0.2) is 11.5 Å². The van der Waals surface area contributed by atoms with Crippen LogP contribution in [-0.4, -0.2) is 66.4 Å². The van der Waals surface area contributed by atoms with Crippen molar-refractivity contribution in [2.45, 2.75) is 6.42 Å². The lowest BCUT2D eigenvalue weighted by Gasteiger charge is -2.26. The summed E-state index contributed by atoms with van der Waals surface area (Å²) in [5.41, 5.74) is 3.31. The van der Waals surface area contributed by atoms with Crippen molar-refractivity contribution in [1.29, 1.82) is 5.26 Å². The van der Waals surface area contributed by atoms with Crippen LogP contribution in [0.5, 0.6) is 17.2 Å². The molecule has 174 valence electrons. The third-order valence-electron chi connectivity index (χ3n) is 5.97. The van der Waals surface area contributed by atoms with Gasteiger partial charge in [-0.15, -0.1) is 5.26 Å². The highest BCUT2D eigenvalue weighted by Gasteiger charge is 2.16. The number of nitriles is 1. The van der Waals surface area contributed by atoms with Gasteiger partial charge in [0.05, 0.1) is 38.1 Å². The van der Waals surface area contributed by atoms with E-state index in [1.54, 1.807) is 25.8 Å². The smallest absolute Gasteiger partial charge is 0.292 e. The van der Waals surface area contributed by atoms with E-state index in [4.69, 9.17) is 24.2 Å². The minimum Gasteiger partial charge on any atom is -0.493 e. The first kappa shape index (κ1) is 21.9. The minimum absolute atomic E-state index is 0.472. The Bertz CT molecular complexity index is 1340. The highest BCUT2D eigenvalue weighted by Crippen LogP contribution is 2.38. The maximum atomic E-state index is 8.86. The molecule has 0 radical (unpaired) electrons. The predicted molar refractivity (Wildman–Crippen MR) is 127 cm³/mol. The molecule has 0 aliphatic carbocycles. The summed E-state index contributed by atoms with van der Waals surface area (Å²) in [5, 5.41) is 10.6. The van der Waals surface area contributed by atoms with E-state index in [0.717, 1.165) is 72.3 Å². The summed E-state index contributed by atoms with van der Waals surface area (Å²) in [6.45, 7) is 5.09. The van der Waals surface area contributed by atoms with Crippen LogP contribution in [0.4, 0.5) is 0 Å². The summed E-state index contributed by atoms with van der Waals surface area (Å²) in [6, 6.07) is 9.25. The standard InChI is InChI=1S/C25H25N5O4/c1-31-23-12-19-22(13-24(23)33-8-2-5-30-6-9-32-10-7-30)28-16-29-25(19)20-14-27-21-4-3-17(34-15-26)11-18(20)21/h3-4,11-14,16,27H,2,5-10H2,1H3. The molecule has 1 N–H and O–H groups in total. The van der Waals surface area contributed by atoms with Crippen LogP contribution in [0.3, 0.4) is 0 Å². The first-order valence-corrected chi connectivity index (χ1v) is 11.2. The Morgan fingerprint density at radius 1 is 1.12 bits per heavy atom. The van der Waals surface area contributed by atoms with Crippen molar-refractivity contribution in [2.24, 2.45) is 0 Å². The van der Waals surface area contributed by atoms with E-state index >= 15 is 0 Å². The molecule has 1 aliphatic rings. The van der Waals surface area contributed by atoms with Crippen LogP contribution in [0, 0.1) is 11.5 Å². The van der Waals surface area contributed by atoms with Gasteiger partial charge in [-0.1, -0.05) is 0 Å². The maximum absolute atomic E-state index is 8.86. The molecule has 9 heteroatoms. The number of rotatable bonds is 8. The van der Waals surface area contributed by atoms with Crippen molar-refractivity contribution in [3.05, 3.63) is 42.9 Å². The monoisotopic (exact) mass is 459 g/mol. The molecule has 0 saturated carbocycles. The van der Waals surface area contributed by atoms with E-state index in [2.05, 4.69) is 19.9 Å². The number of morpholine rings is 1. The fourth-order valence-corrected chi connectivity index (χ4v) is 4.26. The molecule has 2 aromatic carbocycles. The van der Waals surface area contributed by atoms with Gasteiger partial charge in [0.2, 0.25) is 0 Å². The summed E-state index contributed by atoms with van der Waals surface area (Å²) in [4.78, 5) is 14.7. The molecule has 0 amide bonds. The van der Waals surface area contributed by atoms with Crippen molar-refractivity contribution in [3.8, 4) is 34.8 Å². The molecule has 0 unspecified atom stereocenters. The molecule has 1 saturated heterocycles. The topological polar surface area (TPSA) is 106 Å². The van der Waals surface area contributed by atoms with E-state index in [9.17, 15) is 0 Å². The van der Waals surface area contributed by atoms with Gasteiger partial charge >= 0.3 is 0 Å². The first-order chi connectivity index (χ1) is 16.8. The van der Waals surface area contributed by atoms with E-state index in [0.29, 0.717) is 23.9 Å². The third kappa shape index (κ3) is 4.46. The Morgan fingerprint density at radius 2 is 2.00 bits per heavy atom. The van der Waals surface area contributed by atoms with Crippen molar-refractivity contribution < 1.29 is 18.9 Å². The van der Waals surface area contributed by atoms with Crippen LogP contribution >= 0.6 is 0 Å². The maximum Gasteiger partial charge on any atom is 0.292 e. The van der Waals surface area contributed by atoms with Gasteiger partial charge in [-0.2, -0.15) is 0 Å². The van der Waals surface area contributed by atoms with Crippen LogP contribution in [-0.2, 0) is 4.74 Å². The summed E-state index contributed by atoms with van der Waals surface area (Å²) in [5.74, 6) is 1.76. The minimum atomic E-state index is 0.472. The van der Waals surface area contributed by atoms with Crippen molar-refractivity contribution in [2.75, 3.05) is 46.6 Å². The number of aromatic amines is 1. The molecule has 4 aromatic rings. The molecule has 0 spiro atoms. The van der Waals surface area contributed by atoms with E-state index in [-0.39, 0.29) is 0 Å². The second kappa shape index (κ2) is 9.95. The number of benzene rings is 2. The van der Waals surface area contributed by atoms with Gasteiger partial charge in [-0.3, -0.25) is 4.90 Å². The van der Waals surface area contributed by atoms with Crippen LogP contribution in [0.2, 0.25) is 0 Å². The summed E-state index contributed by atoms with van der Waals surface area (Å²) in [6.07, 6.45) is 6.07. The Labute approximate surface area is 196 Å². The van der Waals surface area contributed by atoms with E-state index < -0.39 is 0 Å². The molecule has 1 aliphatic heterocycles. The van der Waals surface area contributed by atoms with Crippen LogP contribution < -0.4 is 14.2 Å². The first-order valence-electron chi connectivity index (χ1n) is 11.2. The normalized spacial score (nSPS) is 14.2. The number of ether oxygens (including phenoxy) is 4. The molecular formula is C25H25N5O4. The number of nitrogens with zero attached hydrogens (tertiary/aromatic N) is 4. The number of nitrogens with one attached hydrogen (secondary N) is 1. The molecular weight excluding hydrogens is 434 g/mol. The number of aromatic nitrogens is 3. The summed E-state index contributed by atoms with van der Waals surface area (Å²) < 4.78 is 22.1. The van der Waals surface area contributed by atoms with E-state index in [1.165, 1.54) is 0 Å². The van der Waals surface area contributed by atoms with Crippen molar-refractivity contribution in [3.63, 3.8) is 0 Å². The Kier molecular flexibility index (Phi) is 6.42. The van der Waals surface area contributed by atoms with Crippen molar-refractivity contribution in [1.82, 2.24) is 19.9 Å². The SMILES string of the molecule is COc1cc2c(-c3c[nH]c4ccc(OC#N)cc34)ncnc2cc1OCCCN1CCOCC1. The average Bonchev–Trinajstić information content (AvgIpc) is 3.29. The van der Waals surface area contributed by atoms with Gasteiger partial charge in [-0.05, 0) is 30.7 Å². The fourth-order valence-electron chi connectivity index (χ4n) is 4.26. The van der Waals surface area contributed by atoms with Crippen LogP contribution in [0.1, 0.15) is 6.42 Å². The van der Waals surface area contributed by atoms with Crippen LogP contribution in [0.15, 0.2) is 42.9 Å². The predicted octanol–water partition coefficient (Wildman–Crippen LogP) is 3.75. The Hall–Kier alpha value is -3.87. The number of H-pyrrole nitrogens is 1. The van der Waals surface area contributed by atoms with Gasteiger partial charge in [-0.25, -0.2) is 9.97 Å². The lowest BCUT2D eigenvalue weighted by Crippen LogP contribution is -2.37.